The van der Waals surface area contributed by atoms with Crippen molar-refractivity contribution in [1.82, 2.24) is 20.4 Å². The van der Waals surface area contributed by atoms with E-state index in [4.69, 9.17) is 4.74 Å². The first-order valence-corrected chi connectivity index (χ1v) is 10.3. The minimum Gasteiger partial charge on any atom is -0.378 e. The first-order chi connectivity index (χ1) is 14.9. The average molecular weight is 430 g/mol. The number of likely N-dealkylation sites (tertiary alicyclic amines) is 1. The molecule has 0 saturated carbocycles. The molecular weight excluding hydrogens is 404 g/mol. The molecule has 0 unspecified atom stereocenters. The maximum atomic E-state index is 13.4. The molecule has 166 valence electrons. The number of aliphatic hydroxyl groups is 1. The van der Waals surface area contributed by atoms with Crippen molar-refractivity contribution in [3.63, 3.8) is 0 Å². The SMILES string of the molecule is COCC(=O)N[C@@H]1C[C@H]2C(=O)N[C@@H]3CCN(C(=O)[C@@H](O)c4ccccc4)[C@@H]3C(=O)N2C1. The van der Waals surface area contributed by atoms with Crippen LogP contribution in [0.1, 0.15) is 24.5 Å². The lowest BCUT2D eigenvalue weighted by atomic mass is 10.1. The molecule has 3 heterocycles. The molecule has 1 aromatic rings. The highest BCUT2D eigenvalue weighted by molar-refractivity contribution is 5.97. The summed E-state index contributed by atoms with van der Waals surface area (Å²) in [4.78, 5) is 53.9. The summed E-state index contributed by atoms with van der Waals surface area (Å²) in [5, 5.41) is 16.2. The summed E-state index contributed by atoms with van der Waals surface area (Å²) < 4.78 is 4.81. The summed E-state index contributed by atoms with van der Waals surface area (Å²) in [5.74, 6) is -1.52. The van der Waals surface area contributed by atoms with Crippen molar-refractivity contribution >= 4 is 23.6 Å². The predicted molar refractivity (Wildman–Crippen MR) is 107 cm³/mol. The maximum absolute atomic E-state index is 13.4. The van der Waals surface area contributed by atoms with Gasteiger partial charge in [0.25, 0.3) is 5.91 Å². The van der Waals surface area contributed by atoms with Crippen LogP contribution in [0.2, 0.25) is 0 Å². The molecule has 3 aliphatic rings. The topological polar surface area (TPSA) is 128 Å². The summed E-state index contributed by atoms with van der Waals surface area (Å²) in [6.45, 7) is 0.334. The van der Waals surface area contributed by atoms with Gasteiger partial charge in [-0.2, -0.15) is 0 Å². The number of hydrogen-bond acceptors (Lipinski definition) is 6. The fraction of sp³-hybridized carbons (Fsp3) is 0.524. The highest BCUT2D eigenvalue weighted by Crippen LogP contribution is 2.31. The van der Waals surface area contributed by atoms with E-state index in [1.807, 2.05) is 0 Å². The molecule has 4 amide bonds. The Kier molecular flexibility index (Phi) is 5.92. The van der Waals surface area contributed by atoms with Gasteiger partial charge in [0.1, 0.15) is 18.7 Å². The zero-order chi connectivity index (χ0) is 22.1. The Bertz CT molecular complexity index is 878. The highest BCUT2D eigenvalue weighted by Gasteiger charge is 2.53. The second kappa shape index (κ2) is 8.64. The van der Waals surface area contributed by atoms with E-state index in [0.29, 0.717) is 18.4 Å². The van der Waals surface area contributed by atoms with Crippen molar-refractivity contribution in [3.05, 3.63) is 35.9 Å². The summed E-state index contributed by atoms with van der Waals surface area (Å²) in [5.41, 5.74) is 0.445. The third kappa shape index (κ3) is 4.00. The Hall–Kier alpha value is -2.98. The maximum Gasteiger partial charge on any atom is 0.256 e. The van der Waals surface area contributed by atoms with Crippen LogP contribution in [0, 0.1) is 0 Å². The Labute approximate surface area is 179 Å². The van der Waals surface area contributed by atoms with Crippen molar-refractivity contribution in [2.75, 3.05) is 26.8 Å². The average Bonchev–Trinajstić information content (AvgIpc) is 3.35. The number of carbonyl (C=O) groups is 4. The minimum atomic E-state index is -1.39. The summed E-state index contributed by atoms with van der Waals surface area (Å²) >= 11 is 0. The van der Waals surface area contributed by atoms with Gasteiger partial charge < -0.3 is 30.3 Å². The van der Waals surface area contributed by atoms with Gasteiger partial charge in [-0.3, -0.25) is 19.2 Å². The molecule has 0 spiro atoms. The minimum absolute atomic E-state index is 0.105. The molecule has 10 heteroatoms. The van der Waals surface area contributed by atoms with Crippen LogP contribution < -0.4 is 10.6 Å². The molecule has 0 aromatic heterocycles. The van der Waals surface area contributed by atoms with Gasteiger partial charge >= 0.3 is 0 Å². The van der Waals surface area contributed by atoms with E-state index in [9.17, 15) is 24.3 Å². The van der Waals surface area contributed by atoms with Gasteiger partial charge in [-0.15, -0.1) is 0 Å². The number of aliphatic hydroxyl groups excluding tert-OH is 1. The molecule has 3 aliphatic heterocycles. The second-order valence-electron chi connectivity index (χ2n) is 8.13. The smallest absolute Gasteiger partial charge is 0.256 e. The van der Waals surface area contributed by atoms with E-state index in [2.05, 4.69) is 10.6 Å². The molecule has 4 rings (SSSR count). The number of nitrogens with one attached hydrogen (secondary N) is 2. The number of rotatable bonds is 5. The van der Waals surface area contributed by atoms with Crippen LogP contribution in [0.5, 0.6) is 0 Å². The zero-order valence-corrected chi connectivity index (χ0v) is 17.2. The molecular formula is C21H26N4O6. The van der Waals surface area contributed by atoms with Crippen molar-refractivity contribution in [2.45, 2.75) is 43.1 Å². The van der Waals surface area contributed by atoms with E-state index in [1.54, 1.807) is 30.3 Å². The third-order valence-electron chi connectivity index (χ3n) is 6.14. The summed E-state index contributed by atoms with van der Waals surface area (Å²) in [6.07, 6.45) is -0.654. The summed E-state index contributed by atoms with van der Waals surface area (Å²) in [6, 6.07) is 6.07. The summed E-state index contributed by atoms with van der Waals surface area (Å²) in [7, 11) is 1.41. The van der Waals surface area contributed by atoms with Crippen molar-refractivity contribution < 1.29 is 29.0 Å². The molecule has 3 N–H and O–H groups in total. The zero-order valence-electron chi connectivity index (χ0n) is 17.2. The van der Waals surface area contributed by atoms with Gasteiger partial charge in [-0.1, -0.05) is 30.3 Å². The van der Waals surface area contributed by atoms with Gasteiger partial charge in [0.15, 0.2) is 6.10 Å². The Morgan fingerprint density at radius 1 is 1.29 bits per heavy atom. The lowest BCUT2D eigenvalue weighted by Crippen LogP contribution is -2.53. The van der Waals surface area contributed by atoms with Crippen LogP contribution in [0.4, 0.5) is 0 Å². The van der Waals surface area contributed by atoms with Crippen LogP contribution in [0.25, 0.3) is 0 Å². The van der Waals surface area contributed by atoms with Gasteiger partial charge in [0.2, 0.25) is 17.7 Å². The lowest BCUT2D eigenvalue weighted by molar-refractivity contribution is -0.149. The molecule has 1 aromatic carbocycles. The van der Waals surface area contributed by atoms with E-state index < -0.39 is 30.1 Å². The molecule has 10 nitrogen and oxygen atoms in total. The number of carbonyl (C=O) groups excluding carboxylic acids is 4. The molecule has 5 atom stereocenters. The number of amides is 4. The van der Waals surface area contributed by atoms with Crippen LogP contribution in [0.3, 0.4) is 0 Å². The predicted octanol–water partition coefficient (Wildman–Crippen LogP) is -1.45. The largest absolute Gasteiger partial charge is 0.378 e. The molecule has 0 radical (unpaired) electrons. The first kappa shape index (κ1) is 21.3. The van der Waals surface area contributed by atoms with Gasteiger partial charge in [0.05, 0.1) is 6.04 Å². The van der Waals surface area contributed by atoms with Crippen molar-refractivity contribution in [3.8, 4) is 0 Å². The monoisotopic (exact) mass is 430 g/mol. The molecule has 3 fully saturated rings. The van der Waals surface area contributed by atoms with Gasteiger partial charge in [-0.25, -0.2) is 0 Å². The fourth-order valence-electron chi connectivity index (χ4n) is 4.71. The fourth-order valence-corrected chi connectivity index (χ4v) is 4.71. The number of nitrogens with zero attached hydrogens (tertiary/aromatic N) is 2. The number of benzene rings is 1. The second-order valence-corrected chi connectivity index (χ2v) is 8.13. The highest BCUT2D eigenvalue weighted by atomic mass is 16.5. The quantitative estimate of drug-likeness (QED) is 0.525. The van der Waals surface area contributed by atoms with E-state index in [-0.39, 0.29) is 43.5 Å². The lowest BCUT2D eigenvalue weighted by Gasteiger charge is -2.30. The van der Waals surface area contributed by atoms with Crippen molar-refractivity contribution in [2.24, 2.45) is 0 Å². The van der Waals surface area contributed by atoms with Crippen LogP contribution in [0.15, 0.2) is 30.3 Å². The van der Waals surface area contributed by atoms with E-state index >= 15 is 0 Å². The van der Waals surface area contributed by atoms with E-state index in [1.165, 1.54) is 16.9 Å². The third-order valence-corrected chi connectivity index (χ3v) is 6.14. The van der Waals surface area contributed by atoms with Gasteiger partial charge in [-0.05, 0) is 18.4 Å². The first-order valence-electron chi connectivity index (χ1n) is 10.3. The molecule has 3 saturated heterocycles. The number of methoxy groups -OCH3 is 1. The normalized spacial score (nSPS) is 28.5. The Balaban J connectivity index is 1.52. The van der Waals surface area contributed by atoms with Gasteiger partial charge in [0, 0.05) is 26.2 Å². The number of ether oxygens (including phenoxy) is 1. The van der Waals surface area contributed by atoms with Crippen LogP contribution in [-0.4, -0.2) is 89.5 Å². The molecule has 0 bridgehead atoms. The number of fused-ring (bicyclic) bond motifs is 2. The Morgan fingerprint density at radius 3 is 2.74 bits per heavy atom. The van der Waals surface area contributed by atoms with Crippen LogP contribution >= 0.6 is 0 Å². The number of hydrogen-bond donors (Lipinski definition) is 3. The Morgan fingerprint density at radius 2 is 2.03 bits per heavy atom. The standard InChI is InChI=1S/C21H26N4O6/c1-31-11-16(26)22-13-9-15-19(28)23-14-7-8-24(17(14)20(29)25(15)10-13)21(30)18(27)12-5-3-2-4-6-12/h2-6,13-15,17-18,27H,7-11H2,1H3,(H,22,26)(H,23,28)/t13-,14-,15+,17+,18+/m1/s1. The van der Waals surface area contributed by atoms with Crippen LogP contribution in [-0.2, 0) is 23.9 Å². The molecule has 0 aliphatic carbocycles. The molecule has 31 heavy (non-hydrogen) atoms. The van der Waals surface area contributed by atoms with E-state index in [0.717, 1.165) is 0 Å². The van der Waals surface area contributed by atoms with Crippen molar-refractivity contribution in [1.29, 1.82) is 0 Å².